The van der Waals surface area contributed by atoms with Crippen LogP contribution < -0.4 is 5.32 Å². The van der Waals surface area contributed by atoms with Crippen LogP contribution in [0.15, 0.2) is 24.3 Å². The molecule has 1 amide bonds. The second-order valence-corrected chi connectivity index (χ2v) is 5.74. The number of hydrogen-bond acceptors (Lipinski definition) is 1. The van der Waals surface area contributed by atoms with Crippen molar-refractivity contribution in [1.29, 1.82) is 0 Å². The zero-order valence-corrected chi connectivity index (χ0v) is 11.0. The third-order valence-corrected chi connectivity index (χ3v) is 3.93. The summed E-state index contributed by atoms with van der Waals surface area (Å²) < 4.78 is 13.5. The number of carbonyl (C=O) groups is 1. The summed E-state index contributed by atoms with van der Waals surface area (Å²) in [6.45, 7) is 4.33. The van der Waals surface area contributed by atoms with E-state index in [1.807, 2.05) is 0 Å². The Morgan fingerprint density at radius 3 is 2.72 bits per heavy atom. The fraction of sp³-hybridized carbons (Fsp3) is 0.533. The Balaban J connectivity index is 2.10. The molecular formula is C15H20FNO. The summed E-state index contributed by atoms with van der Waals surface area (Å²) in [5.74, 6) is -0.753. The predicted molar refractivity (Wildman–Crippen MR) is 69.9 cm³/mol. The van der Waals surface area contributed by atoms with E-state index in [0.29, 0.717) is 0 Å². The first-order valence-corrected chi connectivity index (χ1v) is 6.56. The molecule has 1 aliphatic rings. The van der Waals surface area contributed by atoms with Gasteiger partial charge in [-0.1, -0.05) is 38.8 Å². The van der Waals surface area contributed by atoms with Gasteiger partial charge in [-0.2, -0.15) is 0 Å². The highest BCUT2D eigenvalue weighted by molar-refractivity contribution is 5.94. The first-order chi connectivity index (χ1) is 8.50. The molecule has 0 aliphatic heterocycles. The molecule has 1 N–H and O–H groups in total. The van der Waals surface area contributed by atoms with Crippen molar-refractivity contribution in [3.05, 3.63) is 35.6 Å². The molecule has 1 aliphatic carbocycles. The summed E-state index contributed by atoms with van der Waals surface area (Å²) in [7, 11) is 0. The van der Waals surface area contributed by atoms with Crippen molar-refractivity contribution >= 4 is 5.91 Å². The van der Waals surface area contributed by atoms with Crippen LogP contribution in [0.4, 0.5) is 4.39 Å². The van der Waals surface area contributed by atoms with Crippen LogP contribution in [0, 0.1) is 11.2 Å². The van der Waals surface area contributed by atoms with Crippen LogP contribution in [-0.4, -0.2) is 11.9 Å². The first kappa shape index (κ1) is 13.1. The van der Waals surface area contributed by atoms with Gasteiger partial charge in [0, 0.05) is 6.04 Å². The maximum Gasteiger partial charge on any atom is 0.254 e. The predicted octanol–water partition coefficient (Wildman–Crippen LogP) is 3.52. The van der Waals surface area contributed by atoms with Crippen molar-refractivity contribution in [2.24, 2.45) is 5.41 Å². The van der Waals surface area contributed by atoms with Gasteiger partial charge in [0.1, 0.15) is 5.82 Å². The zero-order chi connectivity index (χ0) is 13.2. The molecule has 18 heavy (non-hydrogen) atoms. The van der Waals surface area contributed by atoms with Gasteiger partial charge in [-0.25, -0.2) is 4.39 Å². The molecule has 1 aromatic rings. The van der Waals surface area contributed by atoms with E-state index in [-0.39, 0.29) is 22.9 Å². The van der Waals surface area contributed by atoms with E-state index in [1.165, 1.54) is 18.6 Å². The monoisotopic (exact) mass is 249 g/mol. The standard InChI is InChI=1S/C15H20FNO/c1-15(2)10-6-5-9-13(15)17-14(18)11-7-3-4-8-12(11)16/h3-4,7-8,13H,5-6,9-10H2,1-2H3,(H,17,18). The van der Waals surface area contributed by atoms with Crippen LogP contribution in [-0.2, 0) is 0 Å². The lowest BCUT2D eigenvalue weighted by atomic mass is 9.73. The number of benzene rings is 1. The minimum Gasteiger partial charge on any atom is -0.349 e. The van der Waals surface area contributed by atoms with Gasteiger partial charge in [0.15, 0.2) is 0 Å². The summed E-state index contributed by atoms with van der Waals surface area (Å²) in [6.07, 6.45) is 4.42. The topological polar surface area (TPSA) is 29.1 Å². The summed E-state index contributed by atoms with van der Waals surface area (Å²) in [6, 6.07) is 6.26. The van der Waals surface area contributed by atoms with Gasteiger partial charge in [0.2, 0.25) is 0 Å². The number of halogens is 1. The van der Waals surface area contributed by atoms with Gasteiger partial charge in [-0.05, 0) is 30.4 Å². The Hall–Kier alpha value is -1.38. The molecule has 0 heterocycles. The van der Waals surface area contributed by atoms with Crippen LogP contribution in [0.5, 0.6) is 0 Å². The third kappa shape index (κ3) is 2.71. The first-order valence-electron chi connectivity index (χ1n) is 6.56. The van der Waals surface area contributed by atoms with Gasteiger partial charge in [-0.15, -0.1) is 0 Å². The highest BCUT2D eigenvalue weighted by Crippen LogP contribution is 2.35. The lowest BCUT2D eigenvalue weighted by Gasteiger charge is -2.39. The molecule has 3 heteroatoms. The highest BCUT2D eigenvalue weighted by atomic mass is 19.1. The molecule has 2 rings (SSSR count). The molecule has 0 spiro atoms. The summed E-state index contributed by atoms with van der Waals surface area (Å²) in [5, 5.41) is 2.99. The number of carbonyl (C=O) groups excluding carboxylic acids is 1. The van der Waals surface area contributed by atoms with Crippen molar-refractivity contribution in [1.82, 2.24) is 5.32 Å². The van der Waals surface area contributed by atoms with Crippen molar-refractivity contribution in [2.75, 3.05) is 0 Å². The second kappa shape index (κ2) is 5.09. The number of hydrogen-bond donors (Lipinski definition) is 1. The third-order valence-electron chi connectivity index (χ3n) is 3.93. The molecule has 1 atom stereocenters. The van der Waals surface area contributed by atoms with Crippen LogP contribution in [0.3, 0.4) is 0 Å². The average Bonchev–Trinajstić information content (AvgIpc) is 2.32. The second-order valence-electron chi connectivity index (χ2n) is 5.74. The van der Waals surface area contributed by atoms with Gasteiger partial charge >= 0.3 is 0 Å². The van der Waals surface area contributed by atoms with Gasteiger partial charge in [0.05, 0.1) is 5.56 Å². The van der Waals surface area contributed by atoms with E-state index in [4.69, 9.17) is 0 Å². The normalized spacial score (nSPS) is 22.5. The van der Waals surface area contributed by atoms with Crippen molar-refractivity contribution in [3.63, 3.8) is 0 Å². The Bertz CT molecular complexity index is 442. The summed E-state index contributed by atoms with van der Waals surface area (Å²) >= 11 is 0. The molecule has 0 radical (unpaired) electrons. The molecule has 0 saturated heterocycles. The molecular weight excluding hydrogens is 229 g/mol. The summed E-state index contributed by atoms with van der Waals surface area (Å²) in [4.78, 5) is 12.1. The maximum absolute atomic E-state index is 13.5. The molecule has 1 unspecified atom stereocenters. The lowest BCUT2D eigenvalue weighted by molar-refractivity contribution is 0.0849. The average molecular weight is 249 g/mol. The molecule has 0 bridgehead atoms. The molecule has 1 aromatic carbocycles. The summed E-state index contributed by atoms with van der Waals surface area (Å²) in [5.41, 5.74) is 0.234. The Morgan fingerprint density at radius 1 is 1.33 bits per heavy atom. The zero-order valence-electron chi connectivity index (χ0n) is 11.0. The quantitative estimate of drug-likeness (QED) is 0.853. The number of amides is 1. The molecule has 1 saturated carbocycles. The van der Waals surface area contributed by atoms with Gasteiger partial charge in [-0.3, -0.25) is 4.79 Å². The van der Waals surface area contributed by atoms with Crippen LogP contribution >= 0.6 is 0 Å². The maximum atomic E-state index is 13.5. The molecule has 98 valence electrons. The molecule has 2 nitrogen and oxygen atoms in total. The van der Waals surface area contributed by atoms with Crippen molar-refractivity contribution in [3.8, 4) is 0 Å². The number of nitrogens with one attached hydrogen (secondary N) is 1. The van der Waals surface area contributed by atoms with Gasteiger partial charge in [0.25, 0.3) is 5.91 Å². The SMILES string of the molecule is CC1(C)CCCCC1NC(=O)c1ccccc1F. The van der Waals surface area contributed by atoms with Gasteiger partial charge < -0.3 is 5.32 Å². The van der Waals surface area contributed by atoms with E-state index in [1.54, 1.807) is 12.1 Å². The van der Waals surface area contributed by atoms with E-state index in [2.05, 4.69) is 19.2 Å². The van der Waals surface area contributed by atoms with Crippen LogP contribution in [0.25, 0.3) is 0 Å². The minimum atomic E-state index is -0.455. The van der Waals surface area contributed by atoms with Crippen LogP contribution in [0.2, 0.25) is 0 Å². The van der Waals surface area contributed by atoms with E-state index >= 15 is 0 Å². The highest BCUT2D eigenvalue weighted by Gasteiger charge is 2.33. The van der Waals surface area contributed by atoms with Crippen LogP contribution in [0.1, 0.15) is 49.9 Å². The molecule has 1 fully saturated rings. The Kier molecular flexibility index (Phi) is 3.69. The fourth-order valence-corrected chi connectivity index (χ4v) is 2.64. The minimum absolute atomic E-state index is 0.0964. The molecule has 0 aromatic heterocycles. The Morgan fingerprint density at radius 2 is 2.06 bits per heavy atom. The fourth-order valence-electron chi connectivity index (χ4n) is 2.64. The smallest absolute Gasteiger partial charge is 0.254 e. The van der Waals surface area contributed by atoms with E-state index < -0.39 is 5.82 Å². The van der Waals surface area contributed by atoms with E-state index in [0.717, 1.165) is 19.3 Å². The van der Waals surface area contributed by atoms with Crippen molar-refractivity contribution in [2.45, 2.75) is 45.6 Å². The lowest BCUT2D eigenvalue weighted by Crippen LogP contribution is -2.47. The largest absolute Gasteiger partial charge is 0.349 e. The van der Waals surface area contributed by atoms with Crippen molar-refractivity contribution < 1.29 is 9.18 Å². The Labute approximate surface area is 108 Å². The van der Waals surface area contributed by atoms with E-state index in [9.17, 15) is 9.18 Å². The number of rotatable bonds is 2.